The molecule has 0 saturated carbocycles. The number of halogens is 1. The first-order valence-electron chi connectivity index (χ1n) is 5.24. The molecular formula is C12H15BrN2. The van der Waals surface area contributed by atoms with Gasteiger partial charge in [-0.3, -0.25) is 0 Å². The molecule has 0 fully saturated rings. The van der Waals surface area contributed by atoms with E-state index in [0.717, 1.165) is 17.4 Å². The molecular weight excluding hydrogens is 252 g/mol. The van der Waals surface area contributed by atoms with Crippen molar-refractivity contribution in [3.8, 4) is 0 Å². The number of aryl methyl sites for hydroxylation is 1. The lowest BCUT2D eigenvalue weighted by Crippen LogP contribution is -2.07. The zero-order chi connectivity index (χ0) is 10.8. The van der Waals surface area contributed by atoms with E-state index in [9.17, 15) is 0 Å². The third-order valence-electron chi connectivity index (χ3n) is 2.67. The van der Waals surface area contributed by atoms with Crippen LogP contribution in [0.5, 0.6) is 0 Å². The van der Waals surface area contributed by atoms with E-state index in [4.69, 9.17) is 5.73 Å². The van der Waals surface area contributed by atoms with Crippen LogP contribution in [-0.4, -0.2) is 11.1 Å². The highest BCUT2D eigenvalue weighted by Gasteiger charge is 2.06. The fraction of sp³-hybridized carbons (Fsp3) is 0.333. The summed E-state index contributed by atoms with van der Waals surface area (Å²) in [5.74, 6) is 0. The third-order valence-corrected chi connectivity index (χ3v) is 3.16. The Labute approximate surface area is 98.2 Å². The number of rotatable bonds is 3. The number of hydrogen-bond donors (Lipinski definition) is 1. The predicted molar refractivity (Wildman–Crippen MR) is 68.1 cm³/mol. The SMILES string of the molecule is CCn1c(CCN)cc2cc(Br)ccc21. The highest BCUT2D eigenvalue weighted by Crippen LogP contribution is 2.23. The van der Waals surface area contributed by atoms with E-state index in [-0.39, 0.29) is 0 Å². The van der Waals surface area contributed by atoms with Crippen molar-refractivity contribution in [2.45, 2.75) is 19.9 Å². The minimum absolute atomic E-state index is 0.706. The summed E-state index contributed by atoms with van der Waals surface area (Å²) in [7, 11) is 0. The molecule has 3 heteroatoms. The van der Waals surface area contributed by atoms with E-state index in [2.05, 4.69) is 51.7 Å². The van der Waals surface area contributed by atoms with E-state index >= 15 is 0 Å². The van der Waals surface area contributed by atoms with Crippen LogP contribution in [0.3, 0.4) is 0 Å². The maximum absolute atomic E-state index is 5.61. The Balaban J connectivity index is 2.62. The van der Waals surface area contributed by atoms with Crippen molar-refractivity contribution < 1.29 is 0 Å². The average molecular weight is 267 g/mol. The summed E-state index contributed by atoms with van der Waals surface area (Å²) in [5.41, 5.74) is 8.24. The number of fused-ring (bicyclic) bond motifs is 1. The summed E-state index contributed by atoms with van der Waals surface area (Å²) in [6, 6.07) is 8.63. The number of aromatic nitrogens is 1. The fourth-order valence-electron chi connectivity index (χ4n) is 2.03. The van der Waals surface area contributed by atoms with E-state index in [1.807, 2.05) is 0 Å². The van der Waals surface area contributed by atoms with Crippen LogP contribution in [0.2, 0.25) is 0 Å². The Morgan fingerprint density at radius 3 is 2.80 bits per heavy atom. The van der Waals surface area contributed by atoms with Crippen LogP contribution in [0.15, 0.2) is 28.7 Å². The van der Waals surface area contributed by atoms with Gasteiger partial charge in [0.05, 0.1) is 0 Å². The van der Waals surface area contributed by atoms with Gasteiger partial charge in [-0.1, -0.05) is 15.9 Å². The van der Waals surface area contributed by atoms with Crippen molar-refractivity contribution >= 4 is 26.8 Å². The second kappa shape index (κ2) is 4.37. The van der Waals surface area contributed by atoms with Crippen LogP contribution in [0.1, 0.15) is 12.6 Å². The molecule has 2 nitrogen and oxygen atoms in total. The molecule has 0 aliphatic heterocycles. The third kappa shape index (κ3) is 1.94. The number of benzene rings is 1. The monoisotopic (exact) mass is 266 g/mol. The highest BCUT2D eigenvalue weighted by atomic mass is 79.9. The molecule has 0 unspecified atom stereocenters. The van der Waals surface area contributed by atoms with Crippen LogP contribution >= 0.6 is 15.9 Å². The van der Waals surface area contributed by atoms with E-state index in [1.165, 1.54) is 16.6 Å². The average Bonchev–Trinajstić information content (AvgIpc) is 2.54. The van der Waals surface area contributed by atoms with E-state index < -0.39 is 0 Å². The van der Waals surface area contributed by atoms with Crippen molar-refractivity contribution in [2.24, 2.45) is 5.73 Å². The van der Waals surface area contributed by atoms with Gasteiger partial charge in [0.1, 0.15) is 0 Å². The molecule has 2 N–H and O–H groups in total. The molecule has 0 amide bonds. The van der Waals surface area contributed by atoms with Crippen LogP contribution in [-0.2, 0) is 13.0 Å². The van der Waals surface area contributed by atoms with Gasteiger partial charge in [-0.05, 0) is 44.2 Å². The Bertz CT molecular complexity index is 474. The lowest BCUT2D eigenvalue weighted by Gasteiger charge is -2.06. The standard InChI is InChI=1S/C12H15BrN2/c1-2-15-11(5-6-14)8-9-7-10(13)3-4-12(9)15/h3-4,7-8H,2,5-6,14H2,1H3. The Kier molecular flexibility index (Phi) is 3.12. The second-order valence-corrected chi connectivity index (χ2v) is 4.54. The van der Waals surface area contributed by atoms with Crippen LogP contribution in [0.4, 0.5) is 0 Å². The molecule has 1 heterocycles. The Hall–Kier alpha value is -0.800. The smallest absolute Gasteiger partial charge is 0.0483 e. The summed E-state index contributed by atoms with van der Waals surface area (Å²) in [4.78, 5) is 0. The highest BCUT2D eigenvalue weighted by molar-refractivity contribution is 9.10. The minimum atomic E-state index is 0.706. The summed E-state index contributed by atoms with van der Waals surface area (Å²) >= 11 is 3.49. The molecule has 0 saturated heterocycles. The molecule has 80 valence electrons. The summed E-state index contributed by atoms with van der Waals surface area (Å²) in [5, 5.41) is 1.29. The van der Waals surface area contributed by atoms with Crippen molar-refractivity contribution in [3.63, 3.8) is 0 Å². The molecule has 2 rings (SSSR count). The van der Waals surface area contributed by atoms with Gasteiger partial charge < -0.3 is 10.3 Å². The second-order valence-electron chi connectivity index (χ2n) is 3.62. The zero-order valence-electron chi connectivity index (χ0n) is 8.83. The van der Waals surface area contributed by atoms with Crippen LogP contribution < -0.4 is 5.73 Å². The lowest BCUT2D eigenvalue weighted by atomic mass is 10.2. The largest absolute Gasteiger partial charge is 0.345 e. The first-order valence-corrected chi connectivity index (χ1v) is 6.03. The Morgan fingerprint density at radius 2 is 2.13 bits per heavy atom. The first-order chi connectivity index (χ1) is 7.26. The molecule has 0 atom stereocenters. The molecule has 0 radical (unpaired) electrons. The molecule has 15 heavy (non-hydrogen) atoms. The quantitative estimate of drug-likeness (QED) is 0.910. The topological polar surface area (TPSA) is 30.9 Å². The van der Waals surface area contributed by atoms with Gasteiger partial charge in [0.15, 0.2) is 0 Å². The van der Waals surface area contributed by atoms with Gasteiger partial charge >= 0.3 is 0 Å². The normalized spacial score (nSPS) is 11.1. The number of hydrogen-bond acceptors (Lipinski definition) is 1. The van der Waals surface area contributed by atoms with Gasteiger partial charge in [0.25, 0.3) is 0 Å². The summed E-state index contributed by atoms with van der Waals surface area (Å²) < 4.78 is 3.46. The van der Waals surface area contributed by atoms with E-state index in [1.54, 1.807) is 0 Å². The molecule has 0 spiro atoms. The Morgan fingerprint density at radius 1 is 1.33 bits per heavy atom. The molecule has 1 aromatic heterocycles. The zero-order valence-corrected chi connectivity index (χ0v) is 10.4. The fourth-order valence-corrected chi connectivity index (χ4v) is 2.41. The maximum Gasteiger partial charge on any atom is 0.0483 e. The number of nitrogens with zero attached hydrogens (tertiary/aromatic N) is 1. The molecule has 0 aliphatic carbocycles. The summed E-state index contributed by atoms with van der Waals surface area (Å²) in [6.07, 6.45) is 0.945. The van der Waals surface area contributed by atoms with Crippen LogP contribution in [0, 0.1) is 0 Å². The molecule has 1 aromatic carbocycles. The minimum Gasteiger partial charge on any atom is -0.345 e. The van der Waals surface area contributed by atoms with Crippen LogP contribution in [0.25, 0.3) is 10.9 Å². The van der Waals surface area contributed by atoms with Crippen molar-refractivity contribution in [3.05, 3.63) is 34.4 Å². The molecule has 0 aliphatic rings. The maximum atomic E-state index is 5.61. The van der Waals surface area contributed by atoms with Crippen molar-refractivity contribution in [2.75, 3.05) is 6.54 Å². The number of nitrogens with two attached hydrogens (primary N) is 1. The van der Waals surface area contributed by atoms with Gasteiger partial charge in [-0.2, -0.15) is 0 Å². The van der Waals surface area contributed by atoms with Crippen molar-refractivity contribution in [1.29, 1.82) is 0 Å². The van der Waals surface area contributed by atoms with Gasteiger partial charge in [0.2, 0.25) is 0 Å². The molecule has 2 aromatic rings. The van der Waals surface area contributed by atoms with Crippen molar-refractivity contribution in [1.82, 2.24) is 4.57 Å². The lowest BCUT2D eigenvalue weighted by molar-refractivity contribution is 0.732. The molecule has 0 bridgehead atoms. The predicted octanol–water partition coefficient (Wildman–Crippen LogP) is 2.92. The summed E-state index contributed by atoms with van der Waals surface area (Å²) in [6.45, 7) is 3.87. The van der Waals surface area contributed by atoms with Gasteiger partial charge in [-0.25, -0.2) is 0 Å². The van der Waals surface area contributed by atoms with Gasteiger partial charge in [0, 0.05) is 27.6 Å². The van der Waals surface area contributed by atoms with E-state index in [0.29, 0.717) is 6.54 Å². The van der Waals surface area contributed by atoms with Gasteiger partial charge in [-0.15, -0.1) is 0 Å². The first kappa shape index (κ1) is 10.7.